The Morgan fingerprint density at radius 3 is 2.28 bits per heavy atom. The Labute approximate surface area is 167 Å². The van der Waals surface area contributed by atoms with Crippen LogP contribution in [-0.2, 0) is 6.54 Å². The highest BCUT2D eigenvalue weighted by molar-refractivity contribution is 5.95. The van der Waals surface area contributed by atoms with Gasteiger partial charge in [-0.05, 0) is 19.4 Å². The lowest BCUT2D eigenvalue weighted by molar-refractivity contribution is -0.745. The zero-order valence-corrected chi connectivity index (χ0v) is 16.4. The molecule has 0 bridgehead atoms. The van der Waals surface area contributed by atoms with Gasteiger partial charge in [0.2, 0.25) is 5.78 Å². The molecule has 0 unspecified atom stereocenters. The zero-order valence-electron chi connectivity index (χ0n) is 16.4. The van der Waals surface area contributed by atoms with E-state index >= 15 is 0 Å². The lowest BCUT2D eigenvalue weighted by Crippen LogP contribution is -2.48. The number of nitrogens with one attached hydrogen (secondary N) is 1. The lowest BCUT2D eigenvalue weighted by atomic mass is 10.1. The van der Waals surface area contributed by atoms with Gasteiger partial charge in [-0.1, -0.05) is 70.0 Å². The molecule has 8 heteroatoms. The summed E-state index contributed by atoms with van der Waals surface area (Å²) >= 11 is 0. The van der Waals surface area contributed by atoms with Crippen LogP contribution in [0.5, 0.6) is 0 Å². The Kier molecular flexibility index (Phi) is 5.82. The van der Waals surface area contributed by atoms with Crippen LogP contribution in [0.1, 0.15) is 32.7 Å². The topological polar surface area (TPSA) is 107 Å². The van der Waals surface area contributed by atoms with Gasteiger partial charge < -0.3 is 5.11 Å². The first kappa shape index (κ1) is 19.9. The number of H-pyrrole nitrogens is 1. The average Bonchev–Trinajstić information content (AvgIpc) is 3.02. The zero-order chi connectivity index (χ0) is 21.0. The third-order valence-electron chi connectivity index (χ3n) is 4.36. The highest BCUT2D eigenvalue weighted by atomic mass is 16.3. The molecule has 0 aliphatic rings. The van der Waals surface area contributed by atoms with Gasteiger partial charge in [-0.15, -0.1) is 4.68 Å². The van der Waals surface area contributed by atoms with Crippen molar-refractivity contribution in [2.45, 2.75) is 20.4 Å². The van der Waals surface area contributed by atoms with Crippen molar-refractivity contribution >= 4 is 17.9 Å². The molecule has 0 saturated heterocycles. The quantitative estimate of drug-likeness (QED) is 0.287. The predicted octanol–water partition coefficient (Wildman–Crippen LogP) is 0.583. The van der Waals surface area contributed by atoms with Crippen LogP contribution in [0.2, 0.25) is 0 Å². The number of carbonyl (C=O) groups is 1. The summed E-state index contributed by atoms with van der Waals surface area (Å²) in [5.41, 5.74) is 2.46. The summed E-state index contributed by atoms with van der Waals surface area (Å²) in [5.74, 6) is -0.983. The molecule has 3 rings (SSSR count). The first-order chi connectivity index (χ1) is 13.9. The van der Waals surface area contributed by atoms with Gasteiger partial charge in [0.25, 0.3) is 5.69 Å². The fraction of sp³-hybridized carbons (Fsp3) is 0.190. The van der Waals surface area contributed by atoms with Crippen LogP contribution in [-0.4, -0.2) is 34.9 Å². The van der Waals surface area contributed by atoms with Gasteiger partial charge in [0.1, 0.15) is 0 Å². The van der Waals surface area contributed by atoms with Crippen molar-refractivity contribution in [1.29, 1.82) is 0 Å². The molecule has 0 spiro atoms. The molecular formula is C21H21N5O3. The Morgan fingerprint density at radius 2 is 1.69 bits per heavy atom. The number of rotatable bonds is 6. The van der Waals surface area contributed by atoms with E-state index in [1.807, 2.05) is 50.2 Å². The third-order valence-corrected chi connectivity index (χ3v) is 4.36. The summed E-state index contributed by atoms with van der Waals surface area (Å²) in [5, 5.41) is 18.9. The molecule has 0 atom stereocenters. The Hall–Kier alpha value is -3.81. The molecule has 1 N–H and O–H groups in total. The minimum Gasteiger partial charge on any atom is -0.856 e. The number of Topliss-reactive ketones (excluding diaryl/α,β-unsaturated/α-hetero) is 1. The van der Waals surface area contributed by atoms with Gasteiger partial charge in [-0.3, -0.25) is 9.79 Å². The van der Waals surface area contributed by atoms with Crippen LogP contribution in [0.15, 0.2) is 63.4 Å². The number of aliphatic imine (C=N–C) groups is 1. The van der Waals surface area contributed by atoms with Crippen LogP contribution >= 0.6 is 0 Å². The van der Waals surface area contributed by atoms with E-state index in [1.165, 1.54) is 17.9 Å². The molecule has 1 heterocycles. The van der Waals surface area contributed by atoms with E-state index in [2.05, 4.69) is 15.3 Å². The normalized spacial score (nSPS) is 11.9. The molecule has 148 valence electrons. The van der Waals surface area contributed by atoms with Gasteiger partial charge >= 0.3 is 5.56 Å². The van der Waals surface area contributed by atoms with Gasteiger partial charge in [0.05, 0.1) is 6.21 Å². The highest BCUT2D eigenvalue weighted by Crippen LogP contribution is 2.04. The number of hydrogen-bond acceptors (Lipinski definition) is 5. The second kappa shape index (κ2) is 8.47. The number of hydrogen-bond donors (Lipinski definition) is 1. The van der Waals surface area contributed by atoms with Crippen molar-refractivity contribution in [2.24, 2.45) is 10.1 Å². The minimum atomic E-state index is -0.729. The number of aromatic amines is 1. The SMILES string of the molecule is CN=C([O-])c1c(=O)n(N=Cc2ccc(C)cc2)[nH][n+]1CC(=O)c1ccc(C)cc1. The molecule has 0 amide bonds. The molecule has 0 radical (unpaired) electrons. The number of aromatic nitrogens is 3. The van der Waals surface area contributed by atoms with Crippen LogP contribution in [0.25, 0.3) is 0 Å². The average molecular weight is 391 g/mol. The van der Waals surface area contributed by atoms with Crippen molar-refractivity contribution in [2.75, 3.05) is 7.05 Å². The van der Waals surface area contributed by atoms with Crippen molar-refractivity contribution in [3.63, 3.8) is 0 Å². The van der Waals surface area contributed by atoms with E-state index in [0.29, 0.717) is 5.56 Å². The summed E-state index contributed by atoms with van der Waals surface area (Å²) in [7, 11) is 1.29. The van der Waals surface area contributed by atoms with Crippen molar-refractivity contribution in [3.05, 3.63) is 86.8 Å². The molecule has 2 aromatic carbocycles. The van der Waals surface area contributed by atoms with Gasteiger partial charge in [0, 0.05) is 23.3 Å². The third kappa shape index (κ3) is 4.55. The fourth-order valence-electron chi connectivity index (χ4n) is 2.68. The van der Waals surface area contributed by atoms with Gasteiger partial charge in [0.15, 0.2) is 6.54 Å². The molecule has 0 fully saturated rings. The maximum absolute atomic E-state index is 12.6. The highest BCUT2D eigenvalue weighted by Gasteiger charge is 2.24. The van der Waals surface area contributed by atoms with Gasteiger partial charge in [-0.2, -0.15) is 0 Å². The minimum absolute atomic E-state index is 0.220. The molecular weight excluding hydrogens is 370 g/mol. The van der Waals surface area contributed by atoms with E-state index in [1.54, 1.807) is 12.1 Å². The number of benzene rings is 2. The Morgan fingerprint density at radius 1 is 1.10 bits per heavy atom. The maximum Gasteiger partial charge on any atom is 0.427 e. The van der Waals surface area contributed by atoms with E-state index < -0.39 is 11.5 Å². The number of nitrogens with zero attached hydrogens (tertiary/aromatic N) is 4. The smallest absolute Gasteiger partial charge is 0.427 e. The van der Waals surface area contributed by atoms with Crippen molar-refractivity contribution in [3.8, 4) is 0 Å². The maximum atomic E-state index is 12.6. The second-order valence-corrected chi connectivity index (χ2v) is 6.62. The first-order valence-electron chi connectivity index (χ1n) is 8.99. The van der Waals surface area contributed by atoms with E-state index in [4.69, 9.17) is 0 Å². The first-order valence-corrected chi connectivity index (χ1v) is 8.99. The van der Waals surface area contributed by atoms with Crippen molar-refractivity contribution < 1.29 is 14.6 Å². The van der Waals surface area contributed by atoms with E-state index in [9.17, 15) is 14.7 Å². The van der Waals surface area contributed by atoms with E-state index in [0.717, 1.165) is 21.5 Å². The summed E-state index contributed by atoms with van der Waals surface area (Å²) in [6.45, 7) is 3.67. The number of carbonyl (C=O) groups excluding carboxylic acids is 1. The lowest BCUT2D eigenvalue weighted by Gasteiger charge is -2.05. The molecule has 1 aromatic heterocycles. The Balaban J connectivity index is 1.94. The monoisotopic (exact) mass is 391 g/mol. The molecule has 3 aromatic rings. The molecule has 0 aliphatic carbocycles. The fourth-order valence-corrected chi connectivity index (χ4v) is 2.68. The molecule has 29 heavy (non-hydrogen) atoms. The number of ketones is 1. The van der Waals surface area contributed by atoms with Crippen LogP contribution in [0, 0.1) is 13.8 Å². The molecule has 0 aliphatic heterocycles. The largest absolute Gasteiger partial charge is 0.856 e. The second-order valence-electron chi connectivity index (χ2n) is 6.62. The Bertz CT molecular complexity index is 1140. The summed E-state index contributed by atoms with van der Waals surface area (Å²) < 4.78 is 1.17. The molecule has 8 nitrogen and oxygen atoms in total. The van der Waals surface area contributed by atoms with Crippen LogP contribution in [0.3, 0.4) is 0 Å². The predicted molar refractivity (Wildman–Crippen MR) is 107 cm³/mol. The standard InChI is InChI=1S/C21H21N5O3/c1-14-4-8-16(9-5-14)12-23-26-21(29)19(20(28)22-3)25(24-26)13-18(27)17-10-6-15(2)7-11-17/h4-12H,13H2,1-3H3,(H-,22,24,28,29). The van der Waals surface area contributed by atoms with Crippen LogP contribution in [0.4, 0.5) is 0 Å². The molecule has 0 saturated carbocycles. The van der Waals surface area contributed by atoms with Crippen LogP contribution < -0.4 is 15.3 Å². The van der Waals surface area contributed by atoms with E-state index in [-0.39, 0.29) is 18.0 Å². The van der Waals surface area contributed by atoms with Crippen molar-refractivity contribution in [1.82, 2.24) is 10.0 Å². The van der Waals surface area contributed by atoms with Gasteiger partial charge in [-0.25, -0.2) is 4.79 Å². The summed E-state index contributed by atoms with van der Waals surface area (Å²) in [6.07, 6.45) is 1.49. The summed E-state index contributed by atoms with van der Waals surface area (Å²) in [4.78, 5) is 29.7. The number of aryl methyl sites for hydroxylation is 2. The summed E-state index contributed by atoms with van der Waals surface area (Å²) in [6, 6.07) is 14.6.